The Morgan fingerprint density at radius 1 is 1.69 bits per heavy atom. The topological polar surface area (TPSA) is 68.0 Å². The summed E-state index contributed by atoms with van der Waals surface area (Å²) in [5.41, 5.74) is 6.20. The van der Waals surface area contributed by atoms with Gasteiger partial charge in [0.15, 0.2) is 0 Å². The van der Waals surface area contributed by atoms with Crippen molar-refractivity contribution in [3.63, 3.8) is 0 Å². The minimum atomic E-state index is -0.142. The summed E-state index contributed by atoms with van der Waals surface area (Å²) >= 11 is 5.72. The fourth-order valence-electron chi connectivity index (χ4n) is 1.43. The average Bonchev–Trinajstić information content (AvgIpc) is 2.25. The summed E-state index contributed by atoms with van der Waals surface area (Å²) in [6, 6.07) is 3.31. The molecule has 0 fully saturated rings. The van der Waals surface area contributed by atoms with Crippen LogP contribution < -0.4 is 11.1 Å². The number of rotatable bonds is 5. The standard InChI is InChI=1S/C11H16ClN3O/c1-2-3-8(7-13)11(16)15-9-4-5-14-10(12)6-9/h4-6,8H,2-3,7,13H2,1H3,(H,14,15,16). The molecule has 1 amide bonds. The first-order valence-electron chi connectivity index (χ1n) is 5.29. The summed E-state index contributed by atoms with van der Waals surface area (Å²) in [5, 5.41) is 3.13. The van der Waals surface area contributed by atoms with E-state index in [1.165, 1.54) is 0 Å². The number of anilines is 1. The normalized spacial score (nSPS) is 12.2. The highest BCUT2D eigenvalue weighted by atomic mass is 35.5. The number of carbonyl (C=O) groups is 1. The zero-order chi connectivity index (χ0) is 12.0. The van der Waals surface area contributed by atoms with Crippen LogP contribution in [0.3, 0.4) is 0 Å². The first-order chi connectivity index (χ1) is 7.67. The van der Waals surface area contributed by atoms with Gasteiger partial charge in [0.05, 0.1) is 5.92 Å². The van der Waals surface area contributed by atoms with Gasteiger partial charge in [-0.15, -0.1) is 0 Å². The van der Waals surface area contributed by atoms with Crippen molar-refractivity contribution in [1.29, 1.82) is 0 Å². The number of hydrogen-bond acceptors (Lipinski definition) is 3. The van der Waals surface area contributed by atoms with Crippen LogP contribution in [0.15, 0.2) is 18.3 Å². The van der Waals surface area contributed by atoms with Crippen LogP contribution in [0.25, 0.3) is 0 Å². The van der Waals surface area contributed by atoms with Gasteiger partial charge in [-0.25, -0.2) is 4.98 Å². The second-order valence-electron chi connectivity index (χ2n) is 3.58. The fraction of sp³-hybridized carbons (Fsp3) is 0.455. The molecule has 0 aliphatic carbocycles. The van der Waals surface area contributed by atoms with E-state index in [1.54, 1.807) is 18.3 Å². The minimum Gasteiger partial charge on any atom is -0.330 e. The maximum Gasteiger partial charge on any atom is 0.228 e. The van der Waals surface area contributed by atoms with Crippen molar-refractivity contribution < 1.29 is 4.79 Å². The van der Waals surface area contributed by atoms with Crippen molar-refractivity contribution in [3.8, 4) is 0 Å². The number of carbonyl (C=O) groups excluding carboxylic acids is 1. The highest BCUT2D eigenvalue weighted by Crippen LogP contribution is 2.14. The van der Waals surface area contributed by atoms with E-state index in [4.69, 9.17) is 17.3 Å². The van der Waals surface area contributed by atoms with E-state index in [2.05, 4.69) is 10.3 Å². The van der Waals surface area contributed by atoms with Gasteiger partial charge < -0.3 is 11.1 Å². The Morgan fingerprint density at radius 2 is 2.44 bits per heavy atom. The molecule has 1 rings (SSSR count). The van der Waals surface area contributed by atoms with Crippen molar-refractivity contribution >= 4 is 23.2 Å². The largest absolute Gasteiger partial charge is 0.330 e. The van der Waals surface area contributed by atoms with Crippen molar-refractivity contribution in [1.82, 2.24) is 4.98 Å². The lowest BCUT2D eigenvalue weighted by molar-refractivity contribution is -0.119. The van der Waals surface area contributed by atoms with Crippen LogP contribution in [0.5, 0.6) is 0 Å². The molecule has 0 saturated carbocycles. The number of aromatic nitrogens is 1. The number of amides is 1. The van der Waals surface area contributed by atoms with Gasteiger partial charge in [-0.3, -0.25) is 4.79 Å². The van der Waals surface area contributed by atoms with Gasteiger partial charge in [0.1, 0.15) is 5.15 Å². The van der Waals surface area contributed by atoms with Crippen LogP contribution in [-0.4, -0.2) is 17.4 Å². The van der Waals surface area contributed by atoms with E-state index in [1.807, 2.05) is 6.92 Å². The van der Waals surface area contributed by atoms with E-state index in [0.717, 1.165) is 12.8 Å². The zero-order valence-corrected chi connectivity index (χ0v) is 10.00. The number of pyridine rings is 1. The van der Waals surface area contributed by atoms with Gasteiger partial charge in [0, 0.05) is 18.4 Å². The summed E-state index contributed by atoms with van der Waals surface area (Å²) in [6.45, 7) is 2.39. The molecule has 0 radical (unpaired) electrons. The summed E-state index contributed by atoms with van der Waals surface area (Å²) in [4.78, 5) is 15.6. The summed E-state index contributed by atoms with van der Waals surface area (Å²) in [7, 11) is 0. The van der Waals surface area contributed by atoms with E-state index < -0.39 is 0 Å². The molecule has 0 aliphatic rings. The van der Waals surface area contributed by atoms with Gasteiger partial charge in [-0.05, 0) is 18.6 Å². The van der Waals surface area contributed by atoms with E-state index >= 15 is 0 Å². The predicted octanol–water partition coefficient (Wildman–Crippen LogP) is 2.05. The SMILES string of the molecule is CCCC(CN)C(=O)Nc1ccnc(Cl)c1. The Bertz CT molecular complexity index is 357. The van der Waals surface area contributed by atoms with Crippen molar-refractivity contribution in [3.05, 3.63) is 23.5 Å². The predicted molar refractivity (Wildman–Crippen MR) is 65.3 cm³/mol. The minimum absolute atomic E-state index is 0.0633. The number of hydrogen-bond donors (Lipinski definition) is 2. The molecule has 16 heavy (non-hydrogen) atoms. The smallest absolute Gasteiger partial charge is 0.228 e. The van der Waals surface area contributed by atoms with Gasteiger partial charge in [-0.2, -0.15) is 0 Å². The highest BCUT2D eigenvalue weighted by Gasteiger charge is 2.15. The van der Waals surface area contributed by atoms with E-state index in [0.29, 0.717) is 17.4 Å². The molecule has 0 spiro atoms. The van der Waals surface area contributed by atoms with Gasteiger partial charge >= 0.3 is 0 Å². The maximum atomic E-state index is 11.8. The molecule has 4 nitrogen and oxygen atoms in total. The quantitative estimate of drug-likeness (QED) is 0.776. The van der Waals surface area contributed by atoms with E-state index in [-0.39, 0.29) is 11.8 Å². The number of nitrogens with two attached hydrogens (primary N) is 1. The number of halogens is 1. The Morgan fingerprint density at radius 3 is 3.00 bits per heavy atom. The molecular formula is C11H16ClN3O. The van der Waals surface area contributed by atoms with Crippen molar-refractivity contribution in [2.45, 2.75) is 19.8 Å². The van der Waals surface area contributed by atoms with Crippen molar-refractivity contribution in [2.24, 2.45) is 11.7 Å². The molecule has 1 unspecified atom stereocenters. The zero-order valence-electron chi connectivity index (χ0n) is 9.24. The van der Waals surface area contributed by atoms with Crippen LogP contribution >= 0.6 is 11.6 Å². The molecule has 0 saturated heterocycles. The molecule has 1 heterocycles. The molecular weight excluding hydrogens is 226 g/mol. The molecule has 1 aromatic rings. The average molecular weight is 242 g/mol. The molecule has 5 heteroatoms. The lowest BCUT2D eigenvalue weighted by atomic mass is 10.0. The number of nitrogens with one attached hydrogen (secondary N) is 1. The Kier molecular flexibility index (Phi) is 5.22. The first-order valence-corrected chi connectivity index (χ1v) is 5.67. The lowest BCUT2D eigenvalue weighted by Gasteiger charge is -2.13. The van der Waals surface area contributed by atoms with Crippen LogP contribution in [0.2, 0.25) is 5.15 Å². The van der Waals surface area contributed by atoms with E-state index in [9.17, 15) is 4.79 Å². The Balaban J connectivity index is 2.62. The van der Waals surface area contributed by atoms with Crippen LogP contribution in [0.1, 0.15) is 19.8 Å². The molecule has 0 aromatic carbocycles. The summed E-state index contributed by atoms with van der Waals surface area (Å²) in [6.07, 6.45) is 3.28. The number of nitrogens with zero attached hydrogens (tertiary/aromatic N) is 1. The van der Waals surface area contributed by atoms with Gasteiger partial charge in [0.25, 0.3) is 0 Å². The molecule has 1 aromatic heterocycles. The summed E-state index contributed by atoms with van der Waals surface area (Å²) < 4.78 is 0. The third-order valence-electron chi connectivity index (χ3n) is 2.29. The third-order valence-corrected chi connectivity index (χ3v) is 2.49. The lowest BCUT2D eigenvalue weighted by Crippen LogP contribution is -2.29. The first kappa shape index (κ1) is 12.9. The maximum absolute atomic E-state index is 11.8. The van der Waals surface area contributed by atoms with Crippen LogP contribution in [-0.2, 0) is 4.79 Å². The van der Waals surface area contributed by atoms with Gasteiger partial charge in [0.2, 0.25) is 5.91 Å². The third kappa shape index (κ3) is 3.79. The fourth-order valence-corrected chi connectivity index (χ4v) is 1.60. The van der Waals surface area contributed by atoms with Crippen LogP contribution in [0, 0.1) is 5.92 Å². The molecule has 88 valence electrons. The van der Waals surface area contributed by atoms with Gasteiger partial charge in [-0.1, -0.05) is 24.9 Å². The second kappa shape index (κ2) is 6.45. The molecule has 3 N–H and O–H groups in total. The van der Waals surface area contributed by atoms with Crippen LogP contribution in [0.4, 0.5) is 5.69 Å². The summed E-state index contributed by atoms with van der Waals surface area (Å²) in [5.74, 6) is -0.205. The van der Waals surface area contributed by atoms with Crippen molar-refractivity contribution in [2.75, 3.05) is 11.9 Å². The molecule has 1 atom stereocenters. The highest BCUT2D eigenvalue weighted by molar-refractivity contribution is 6.29. The molecule has 0 bridgehead atoms. The monoisotopic (exact) mass is 241 g/mol. The second-order valence-corrected chi connectivity index (χ2v) is 3.97. The molecule has 0 aliphatic heterocycles. The Hall–Kier alpha value is -1.13. The Labute approximate surface area is 100 Å².